The second-order valence-electron chi connectivity index (χ2n) is 8.03. The van der Waals surface area contributed by atoms with Gasteiger partial charge in [0, 0.05) is 0 Å². The fourth-order valence-electron chi connectivity index (χ4n) is 3.17. The van der Waals surface area contributed by atoms with Crippen molar-refractivity contribution in [2.75, 3.05) is 7.11 Å². The zero-order valence-corrected chi connectivity index (χ0v) is 16.7. The fraction of sp³-hybridized carbons (Fsp3) is 0.381. The Morgan fingerprint density at radius 1 is 1.14 bits per heavy atom. The molecule has 1 aliphatic rings. The van der Waals surface area contributed by atoms with Gasteiger partial charge < -0.3 is 14.5 Å². The number of furan rings is 1. The molecule has 0 unspecified atom stereocenters. The van der Waals surface area contributed by atoms with E-state index in [-0.39, 0.29) is 23.6 Å². The molecular weight excluding hydrogens is 360 g/mol. The van der Waals surface area contributed by atoms with Gasteiger partial charge in [0.05, 0.1) is 13.7 Å². The molecular formula is C21H24N2O5. The number of hydrogen-bond donors (Lipinski definition) is 1. The van der Waals surface area contributed by atoms with Gasteiger partial charge in [-0.3, -0.25) is 9.69 Å². The molecule has 1 aromatic carbocycles. The molecule has 1 fully saturated rings. The summed E-state index contributed by atoms with van der Waals surface area (Å²) >= 11 is 0. The first-order valence-electron chi connectivity index (χ1n) is 8.98. The smallest absolute Gasteiger partial charge is 0.373 e. The number of ether oxygens (including phenoxy) is 1. The molecule has 0 spiro atoms. The van der Waals surface area contributed by atoms with Crippen LogP contribution in [0.5, 0.6) is 0 Å². The summed E-state index contributed by atoms with van der Waals surface area (Å²) in [5, 5.41) is 2.77. The first kappa shape index (κ1) is 19.7. The van der Waals surface area contributed by atoms with Crippen molar-refractivity contribution in [2.45, 2.75) is 45.2 Å². The Hall–Kier alpha value is -3.09. The van der Waals surface area contributed by atoms with E-state index in [1.807, 2.05) is 24.3 Å². The number of imide groups is 1. The van der Waals surface area contributed by atoms with Crippen LogP contribution in [0.2, 0.25) is 0 Å². The van der Waals surface area contributed by atoms with Gasteiger partial charge in [-0.15, -0.1) is 0 Å². The molecule has 0 radical (unpaired) electrons. The van der Waals surface area contributed by atoms with Gasteiger partial charge in [-0.05, 0) is 35.6 Å². The molecule has 0 saturated carbocycles. The molecule has 1 N–H and O–H groups in total. The maximum absolute atomic E-state index is 13.0. The van der Waals surface area contributed by atoms with Crippen LogP contribution in [-0.2, 0) is 27.0 Å². The van der Waals surface area contributed by atoms with E-state index in [0.717, 1.165) is 10.5 Å². The van der Waals surface area contributed by atoms with Crippen molar-refractivity contribution in [3.63, 3.8) is 0 Å². The summed E-state index contributed by atoms with van der Waals surface area (Å²) in [6.07, 6.45) is 0. The van der Waals surface area contributed by atoms with Gasteiger partial charge in [0.1, 0.15) is 11.3 Å². The molecule has 7 heteroatoms. The average Bonchev–Trinajstić information content (AvgIpc) is 3.20. The minimum absolute atomic E-state index is 0.00889. The van der Waals surface area contributed by atoms with Crippen LogP contribution in [0.4, 0.5) is 4.79 Å². The van der Waals surface area contributed by atoms with Crippen molar-refractivity contribution in [3.8, 4) is 0 Å². The van der Waals surface area contributed by atoms with Gasteiger partial charge in [0.15, 0.2) is 0 Å². The van der Waals surface area contributed by atoms with Crippen molar-refractivity contribution in [1.82, 2.24) is 10.2 Å². The van der Waals surface area contributed by atoms with Crippen LogP contribution in [0.15, 0.2) is 40.8 Å². The number of methoxy groups -OCH3 is 1. The highest BCUT2D eigenvalue weighted by molar-refractivity contribution is 6.07. The van der Waals surface area contributed by atoms with E-state index in [1.165, 1.54) is 13.2 Å². The van der Waals surface area contributed by atoms with Crippen molar-refractivity contribution in [1.29, 1.82) is 0 Å². The standard InChI is InChI=1S/C21H24N2O5/c1-20(2,3)13-6-8-14(9-7-13)21(4)18(25)23(19(26)22-21)12-15-10-11-16(28-15)17(24)27-5/h6-11H,12H2,1-5H3,(H,22,26)/t21-/m1/s1. The highest BCUT2D eigenvalue weighted by atomic mass is 16.5. The van der Waals surface area contributed by atoms with Crippen LogP contribution in [0.3, 0.4) is 0 Å². The Kier molecular flexibility index (Phi) is 4.79. The molecule has 3 rings (SSSR count). The minimum Gasteiger partial charge on any atom is -0.463 e. The van der Waals surface area contributed by atoms with Crippen molar-refractivity contribution < 1.29 is 23.5 Å². The highest BCUT2D eigenvalue weighted by Gasteiger charge is 2.49. The predicted octanol–water partition coefficient (Wildman–Crippen LogP) is 3.33. The van der Waals surface area contributed by atoms with Crippen LogP contribution in [-0.4, -0.2) is 29.9 Å². The lowest BCUT2D eigenvalue weighted by Gasteiger charge is -2.24. The zero-order chi connectivity index (χ0) is 20.7. The molecule has 28 heavy (non-hydrogen) atoms. The van der Waals surface area contributed by atoms with E-state index in [4.69, 9.17) is 4.42 Å². The van der Waals surface area contributed by atoms with E-state index in [9.17, 15) is 14.4 Å². The number of nitrogens with zero attached hydrogens (tertiary/aromatic N) is 1. The summed E-state index contributed by atoms with van der Waals surface area (Å²) in [5.41, 5.74) is 0.673. The van der Waals surface area contributed by atoms with E-state index >= 15 is 0 Å². The Morgan fingerprint density at radius 2 is 1.79 bits per heavy atom. The van der Waals surface area contributed by atoms with Gasteiger partial charge in [0.2, 0.25) is 5.76 Å². The van der Waals surface area contributed by atoms with Crippen LogP contribution in [0.25, 0.3) is 0 Å². The molecule has 1 atom stereocenters. The second-order valence-corrected chi connectivity index (χ2v) is 8.03. The summed E-state index contributed by atoms with van der Waals surface area (Å²) in [6, 6.07) is 10.2. The molecule has 0 bridgehead atoms. The van der Waals surface area contributed by atoms with E-state index < -0.39 is 17.5 Å². The Balaban J connectivity index is 1.82. The van der Waals surface area contributed by atoms with Crippen LogP contribution in [0.1, 0.15) is 55.1 Å². The molecule has 0 aliphatic carbocycles. The van der Waals surface area contributed by atoms with Gasteiger partial charge in [-0.1, -0.05) is 45.0 Å². The Morgan fingerprint density at radius 3 is 2.36 bits per heavy atom. The molecule has 148 valence electrons. The molecule has 2 heterocycles. The number of esters is 1. The number of carbonyl (C=O) groups excluding carboxylic acids is 3. The second kappa shape index (κ2) is 6.82. The van der Waals surface area contributed by atoms with Gasteiger partial charge >= 0.3 is 12.0 Å². The van der Waals surface area contributed by atoms with E-state index in [1.54, 1.807) is 13.0 Å². The quantitative estimate of drug-likeness (QED) is 0.645. The highest BCUT2D eigenvalue weighted by Crippen LogP contribution is 2.32. The monoisotopic (exact) mass is 384 g/mol. The summed E-state index contributed by atoms with van der Waals surface area (Å²) in [6.45, 7) is 7.94. The predicted molar refractivity (Wildman–Crippen MR) is 102 cm³/mol. The van der Waals surface area contributed by atoms with Crippen LogP contribution >= 0.6 is 0 Å². The molecule has 1 aromatic heterocycles. The lowest BCUT2D eigenvalue weighted by atomic mass is 9.84. The number of nitrogens with one attached hydrogen (secondary N) is 1. The molecule has 1 saturated heterocycles. The average molecular weight is 384 g/mol. The number of amides is 3. The van der Waals surface area contributed by atoms with Crippen molar-refractivity contribution in [2.24, 2.45) is 0 Å². The summed E-state index contributed by atoms with van der Waals surface area (Å²) in [4.78, 5) is 38.1. The summed E-state index contributed by atoms with van der Waals surface area (Å²) in [5.74, 6) is -0.662. The maximum Gasteiger partial charge on any atom is 0.373 e. The third-order valence-corrected chi connectivity index (χ3v) is 4.97. The Bertz CT molecular complexity index is 923. The van der Waals surface area contributed by atoms with Crippen molar-refractivity contribution >= 4 is 17.9 Å². The Labute approximate surface area is 163 Å². The molecule has 2 aromatic rings. The topological polar surface area (TPSA) is 88.9 Å². The first-order chi connectivity index (χ1) is 13.1. The van der Waals surface area contributed by atoms with Gasteiger partial charge in [0.25, 0.3) is 5.91 Å². The first-order valence-corrected chi connectivity index (χ1v) is 8.98. The van der Waals surface area contributed by atoms with Gasteiger partial charge in [-0.25, -0.2) is 9.59 Å². The number of benzene rings is 1. The molecule has 3 amide bonds. The van der Waals surface area contributed by atoms with Gasteiger partial charge in [-0.2, -0.15) is 0 Å². The number of hydrogen-bond acceptors (Lipinski definition) is 5. The SMILES string of the molecule is COC(=O)c1ccc(CN2C(=O)N[C@](C)(c3ccc(C(C)(C)C)cc3)C2=O)o1. The zero-order valence-electron chi connectivity index (χ0n) is 16.7. The maximum atomic E-state index is 13.0. The van der Waals surface area contributed by atoms with Crippen molar-refractivity contribution in [3.05, 3.63) is 59.0 Å². The number of rotatable bonds is 4. The third-order valence-electron chi connectivity index (χ3n) is 4.97. The largest absolute Gasteiger partial charge is 0.463 e. The molecule has 1 aliphatic heterocycles. The summed E-state index contributed by atoms with van der Waals surface area (Å²) in [7, 11) is 1.25. The minimum atomic E-state index is -1.16. The molecule has 7 nitrogen and oxygen atoms in total. The fourth-order valence-corrected chi connectivity index (χ4v) is 3.17. The van der Waals surface area contributed by atoms with Crippen LogP contribution < -0.4 is 5.32 Å². The summed E-state index contributed by atoms with van der Waals surface area (Å²) < 4.78 is 9.97. The lowest BCUT2D eigenvalue weighted by Crippen LogP contribution is -2.40. The van der Waals surface area contributed by atoms with Crippen LogP contribution in [0, 0.1) is 0 Å². The third kappa shape index (κ3) is 3.40. The normalized spacial score (nSPS) is 19.7. The number of carbonyl (C=O) groups is 3. The van der Waals surface area contributed by atoms with E-state index in [0.29, 0.717) is 11.3 Å². The number of urea groups is 1. The lowest BCUT2D eigenvalue weighted by molar-refractivity contribution is -0.131. The van der Waals surface area contributed by atoms with E-state index in [2.05, 4.69) is 30.8 Å².